The smallest absolute Gasteiger partial charge is 0.146 e. The maximum atomic E-state index is 13.7. The lowest BCUT2D eigenvalue weighted by Crippen LogP contribution is -2.12. The molecule has 2 rings (SSSR count). The predicted octanol–water partition coefficient (Wildman–Crippen LogP) is 4.00. The minimum absolute atomic E-state index is 0.0628. The van der Waals surface area contributed by atoms with Crippen molar-refractivity contribution in [2.75, 3.05) is 11.9 Å². The Balaban J connectivity index is 2.25. The first kappa shape index (κ1) is 13.6. The highest BCUT2D eigenvalue weighted by Crippen LogP contribution is 2.27. The lowest BCUT2D eigenvalue weighted by molar-refractivity contribution is 0.627. The first-order chi connectivity index (χ1) is 9.13. The summed E-state index contributed by atoms with van der Waals surface area (Å²) in [6.45, 7) is 2.06. The lowest BCUT2D eigenvalue weighted by atomic mass is 10.1. The third-order valence-electron chi connectivity index (χ3n) is 3.36. The van der Waals surface area contributed by atoms with Crippen molar-refractivity contribution in [2.24, 2.45) is 5.73 Å². The molecule has 0 radical (unpaired) electrons. The summed E-state index contributed by atoms with van der Waals surface area (Å²) < 4.78 is 13.7. The zero-order chi connectivity index (χ0) is 13.8. The average Bonchev–Trinajstić information content (AvgIpc) is 2.46. The molecule has 2 aromatic rings. The van der Waals surface area contributed by atoms with Crippen molar-refractivity contribution in [3.05, 3.63) is 59.9 Å². The van der Waals surface area contributed by atoms with Crippen molar-refractivity contribution in [1.29, 1.82) is 0 Å². The summed E-state index contributed by atoms with van der Waals surface area (Å²) in [7, 11) is 1.85. The van der Waals surface area contributed by atoms with Gasteiger partial charge in [-0.1, -0.05) is 31.2 Å². The Morgan fingerprint density at radius 3 is 2.32 bits per heavy atom. The molecule has 1 atom stereocenters. The molecule has 2 aromatic carbocycles. The predicted molar refractivity (Wildman–Crippen MR) is 78.1 cm³/mol. The van der Waals surface area contributed by atoms with Crippen LogP contribution in [-0.4, -0.2) is 7.05 Å². The van der Waals surface area contributed by atoms with Crippen LogP contribution in [0.1, 0.15) is 24.9 Å². The molecule has 0 saturated heterocycles. The highest BCUT2D eigenvalue weighted by atomic mass is 19.1. The van der Waals surface area contributed by atoms with E-state index in [9.17, 15) is 4.39 Å². The highest BCUT2D eigenvalue weighted by molar-refractivity contribution is 5.63. The summed E-state index contributed by atoms with van der Waals surface area (Å²) in [6.07, 6.45) is 0.905. The molecule has 0 fully saturated rings. The zero-order valence-electron chi connectivity index (χ0n) is 11.3. The molecule has 3 heteroatoms. The van der Waals surface area contributed by atoms with E-state index < -0.39 is 0 Å². The lowest BCUT2D eigenvalue weighted by Gasteiger charge is -2.21. The van der Waals surface area contributed by atoms with Gasteiger partial charge in [-0.2, -0.15) is 0 Å². The third kappa shape index (κ3) is 2.93. The summed E-state index contributed by atoms with van der Waals surface area (Å²) in [5.41, 5.74) is 8.59. The molecule has 0 unspecified atom stereocenters. The van der Waals surface area contributed by atoms with Crippen molar-refractivity contribution in [2.45, 2.75) is 19.4 Å². The van der Waals surface area contributed by atoms with Gasteiger partial charge < -0.3 is 10.6 Å². The Morgan fingerprint density at radius 1 is 1.11 bits per heavy atom. The van der Waals surface area contributed by atoms with Crippen LogP contribution in [0.25, 0.3) is 0 Å². The van der Waals surface area contributed by atoms with Gasteiger partial charge in [-0.25, -0.2) is 4.39 Å². The normalized spacial score (nSPS) is 12.2. The molecule has 0 aromatic heterocycles. The second-order valence-electron chi connectivity index (χ2n) is 4.62. The first-order valence-electron chi connectivity index (χ1n) is 6.47. The highest BCUT2D eigenvalue weighted by Gasteiger charge is 2.09. The van der Waals surface area contributed by atoms with Crippen molar-refractivity contribution < 1.29 is 4.39 Å². The maximum Gasteiger partial charge on any atom is 0.146 e. The quantitative estimate of drug-likeness (QED) is 0.898. The van der Waals surface area contributed by atoms with Crippen molar-refractivity contribution >= 4 is 11.4 Å². The maximum absolute atomic E-state index is 13.7. The standard InChI is InChI=1S/C16H19FN2/c1-3-15(18)12-8-10-13(11-9-12)19(2)16-7-5-4-6-14(16)17/h4-11,15H,3,18H2,1-2H3/t15-/m1/s1. The molecular formula is C16H19FN2. The fraction of sp³-hybridized carbons (Fsp3) is 0.250. The van der Waals surface area contributed by atoms with Crippen molar-refractivity contribution in [1.82, 2.24) is 0 Å². The summed E-state index contributed by atoms with van der Waals surface area (Å²) >= 11 is 0. The molecule has 0 saturated carbocycles. The zero-order valence-corrected chi connectivity index (χ0v) is 11.3. The third-order valence-corrected chi connectivity index (χ3v) is 3.36. The number of hydrogen-bond acceptors (Lipinski definition) is 2. The molecule has 0 aliphatic carbocycles. The number of rotatable bonds is 4. The van der Waals surface area contributed by atoms with E-state index in [2.05, 4.69) is 6.92 Å². The Bertz CT molecular complexity index is 537. The van der Waals surface area contributed by atoms with Crippen molar-refractivity contribution in [3.8, 4) is 0 Å². The molecule has 0 aliphatic heterocycles. The van der Waals surface area contributed by atoms with E-state index in [1.54, 1.807) is 12.1 Å². The van der Waals surface area contributed by atoms with Crippen molar-refractivity contribution in [3.63, 3.8) is 0 Å². The molecular weight excluding hydrogens is 239 g/mol. The van der Waals surface area contributed by atoms with E-state index in [0.717, 1.165) is 17.7 Å². The van der Waals surface area contributed by atoms with E-state index in [4.69, 9.17) is 5.73 Å². The number of anilines is 2. The van der Waals surface area contributed by atoms with Crippen LogP contribution in [0.5, 0.6) is 0 Å². The molecule has 100 valence electrons. The van der Waals surface area contributed by atoms with Gasteiger partial charge in [0.05, 0.1) is 5.69 Å². The monoisotopic (exact) mass is 258 g/mol. The van der Waals surface area contributed by atoms with E-state index in [-0.39, 0.29) is 11.9 Å². The molecule has 2 nitrogen and oxygen atoms in total. The van der Waals surface area contributed by atoms with E-state index in [0.29, 0.717) is 5.69 Å². The van der Waals surface area contributed by atoms with Crippen LogP contribution >= 0.6 is 0 Å². The van der Waals surface area contributed by atoms with Gasteiger partial charge in [0.15, 0.2) is 0 Å². The summed E-state index contributed by atoms with van der Waals surface area (Å²) in [4.78, 5) is 1.83. The summed E-state index contributed by atoms with van der Waals surface area (Å²) in [5, 5.41) is 0. The Labute approximate surface area is 113 Å². The summed E-state index contributed by atoms with van der Waals surface area (Å²) in [6, 6.07) is 14.8. The van der Waals surface area contributed by atoms with Gasteiger partial charge in [0.25, 0.3) is 0 Å². The second kappa shape index (κ2) is 5.85. The van der Waals surface area contributed by atoms with Crippen LogP contribution in [0.4, 0.5) is 15.8 Å². The minimum atomic E-state index is -0.223. The number of nitrogens with zero attached hydrogens (tertiary/aromatic N) is 1. The Kier molecular flexibility index (Phi) is 4.17. The van der Waals surface area contributed by atoms with Gasteiger partial charge in [-0.05, 0) is 36.2 Å². The van der Waals surface area contributed by atoms with E-state index in [1.807, 2.05) is 42.3 Å². The van der Waals surface area contributed by atoms with Crippen LogP contribution in [0.3, 0.4) is 0 Å². The number of benzene rings is 2. The van der Waals surface area contributed by atoms with Gasteiger partial charge in [0, 0.05) is 18.8 Å². The second-order valence-corrected chi connectivity index (χ2v) is 4.62. The fourth-order valence-electron chi connectivity index (χ4n) is 2.04. The largest absolute Gasteiger partial charge is 0.342 e. The van der Waals surface area contributed by atoms with E-state index >= 15 is 0 Å². The molecule has 0 spiro atoms. The first-order valence-corrected chi connectivity index (χ1v) is 6.47. The van der Waals surface area contributed by atoms with Gasteiger partial charge >= 0.3 is 0 Å². The fourth-order valence-corrected chi connectivity index (χ4v) is 2.04. The van der Waals surface area contributed by atoms with Gasteiger partial charge in [0.2, 0.25) is 0 Å². The SMILES string of the molecule is CC[C@@H](N)c1ccc(N(C)c2ccccc2F)cc1. The van der Waals surface area contributed by atoms with Crippen LogP contribution in [-0.2, 0) is 0 Å². The van der Waals surface area contributed by atoms with Crippen LogP contribution in [0.15, 0.2) is 48.5 Å². The van der Waals surface area contributed by atoms with Gasteiger partial charge in [0.1, 0.15) is 5.82 Å². The van der Waals surface area contributed by atoms with E-state index in [1.165, 1.54) is 6.07 Å². The molecule has 0 bridgehead atoms. The average molecular weight is 258 g/mol. The van der Waals surface area contributed by atoms with Gasteiger partial charge in [-0.15, -0.1) is 0 Å². The van der Waals surface area contributed by atoms with Gasteiger partial charge in [-0.3, -0.25) is 0 Å². The van der Waals surface area contributed by atoms with Crippen LogP contribution in [0, 0.1) is 5.82 Å². The number of halogens is 1. The number of hydrogen-bond donors (Lipinski definition) is 1. The molecule has 0 heterocycles. The minimum Gasteiger partial charge on any atom is -0.342 e. The van der Waals surface area contributed by atoms with Crippen LogP contribution < -0.4 is 10.6 Å². The Hall–Kier alpha value is -1.87. The molecule has 0 amide bonds. The molecule has 0 aliphatic rings. The summed E-state index contributed by atoms with van der Waals surface area (Å²) in [5.74, 6) is -0.223. The number of nitrogens with two attached hydrogens (primary N) is 1. The molecule has 19 heavy (non-hydrogen) atoms. The Morgan fingerprint density at radius 2 is 1.74 bits per heavy atom. The number of para-hydroxylation sites is 1. The molecule has 2 N–H and O–H groups in total. The topological polar surface area (TPSA) is 29.3 Å². The van der Waals surface area contributed by atoms with Crippen LogP contribution in [0.2, 0.25) is 0 Å².